The zero-order valence-electron chi connectivity index (χ0n) is 9.10. The summed E-state index contributed by atoms with van der Waals surface area (Å²) >= 11 is 11.4. The van der Waals surface area contributed by atoms with E-state index in [9.17, 15) is 9.18 Å². The van der Waals surface area contributed by atoms with Crippen molar-refractivity contribution in [2.45, 2.75) is 12.8 Å². The molecule has 1 fully saturated rings. The Bertz CT molecular complexity index is 446. The summed E-state index contributed by atoms with van der Waals surface area (Å²) in [6, 6.07) is 4.01. The van der Waals surface area contributed by atoms with Crippen molar-refractivity contribution in [3.63, 3.8) is 0 Å². The lowest BCUT2D eigenvalue weighted by Crippen LogP contribution is -2.31. The number of alkyl halides is 1. The number of rotatable bonds is 4. The smallest absolute Gasteiger partial charge is 0.254 e. The molecule has 0 spiro atoms. The molecule has 1 saturated carbocycles. The van der Waals surface area contributed by atoms with E-state index in [1.165, 1.54) is 12.1 Å². The second-order valence-electron chi connectivity index (χ2n) is 4.44. The highest BCUT2D eigenvalue weighted by atomic mass is 35.5. The third-order valence-electron chi connectivity index (χ3n) is 3.04. The fourth-order valence-electron chi connectivity index (χ4n) is 1.57. The van der Waals surface area contributed by atoms with Gasteiger partial charge in [-0.2, -0.15) is 0 Å². The summed E-state index contributed by atoms with van der Waals surface area (Å²) in [6.07, 6.45) is 2.03. The van der Waals surface area contributed by atoms with E-state index in [1.807, 2.05) is 0 Å². The molecule has 1 aliphatic carbocycles. The highest BCUT2D eigenvalue weighted by molar-refractivity contribution is 6.30. The predicted molar refractivity (Wildman–Crippen MR) is 66.1 cm³/mol. The summed E-state index contributed by atoms with van der Waals surface area (Å²) in [7, 11) is 0. The van der Waals surface area contributed by atoms with Crippen molar-refractivity contribution in [2.24, 2.45) is 5.41 Å². The SMILES string of the molecule is O=C(NCC1(CCl)CC1)c1ccc(Cl)cc1F. The van der Waals surface area contributed by atoms with E-state index in [1.54, 1.807) is 0 Å². The average molecular weight is 276 g/mol. The van der Waals surface area contributed by atoms with Gasteiger partial charge < -0.3 is 5.32 Å². The van der Waals surface area contributed by atoms with Gasteiger partial charge in [-0.05, 0) is 31.0 Å². The number of hydrogen-bond acceptors (Lipinski definition) is 1. The van der Waals surface area contributed by atoms with E-state index in [0.29, 0.717) is 12.4 Å². The van der Waals surface area contributed by atoms with Gasteiger partial charge in [-0.25, -0.2) is 4.39 Å². The summed E-state index contributed by atoms with van der Waals surface area (Å²) in [5.74, 6) is -0.502. The maximum absolute atomic E-state index is 13.4. The molecule has 5 heteroatoms. The molecule has 0 unspecified atom stereocenters. The van der Waals surface area contributed by atoms with Crippen LogP contribution in [0.1, 0.15) is 23.2 Å². The van der Waals surface area contributed by atoms with Crippen LogP contribution < -0.4 is 5.32 Å². The van der Waals surface area contributed by atoms with Crippen molar-refractivity contribution in [3.05, 3.63) is 34.6 Å². The Morgan fingerprint density at radius 1 is 1.47 bits per heavy atom. The van der Waals surface area contributed by atoms with Crippen molar-refractivity contribution in [1.82, 2.24) is 5.32 Å². The second-order valence-corrected chi connectivity index (χ2v) is 5.14. The first-order chi connectivity index (χ1) is 8.06. The molecular formula is C12H12Cl2FNO. The van der Waals surface area contributed by atoms with Crippen molar-refractivity contribution in [2.75, 3.05) is 12.4 Å². The zero-order chi connectivity index (χ0) is 12.5. The number of amides is 1. The average Bonchev–Trinajstić information content (AvgIpc) is 3.07. The monoisotopic (exact) mass is 275 g/mol. The largest absolute Gasteiger partial charge is 0.351 e. The number of carbonyl (C=O) groups is 1. The molecule has 1 aromatic carbocycles. The first kappa shape index (κ1) is 12.7. The van der Waals surface area contributed by atoms with Gasteiger partial charge in [0.15, 0.2) is 0 Å². The van der Waals surface area contributed by atoms with Crippen LogP contribution in [0.5, 0.6) is 0 Å². The lowest BCUT2D eigenvalue weighted by molar-refractivity contribution is 0.0942. The Kier molecular flexibility index (Phi) is 3.59. The molecule has 0 radical (unpaired) electrons. The molecule has 0 aliphatic heterocycles. The van der Waals surface area contributed by atoms with Gasteiger partial charge in [0.25, 0.3) is 5.91 Å². The normalized spacial score (nSPS) is 16.6. The van der Waals surface area contributed by atoms with E-state index < -0.39 is 11.7 Å². The van der Waals surface area contributed by atoms with Crippen LogP contribution in [0.4, 0.5) is 4.39 Å². The third-order valence-corrected chi connectivity index (χ3v) is 3.84. The van der Waals surface area contributed by atoms with Crippen LogP contribution in [-0.4, -0.2) is 18.3 Å². The molecular weight excluding hydrogens is 264 g/mol. The zero-order valence-corrected chi connectivity index (χ0v) is 10.6. The standard InChI is InChI=1S/C12H12Cl2FNO/c13-6-12(3-4-12)7-16-11(17)9-2-1-8(14)5-10(9)15/h1-2,5H,3-4,6-7H2,(H,16,17). The Balaban J connectivity index is 2.00. The van der Waals surface area contributed by atoms with Crippen LogP contribution in [0.15, 0.2) is 18.2 Å². The lowest BCUT2D eigenvalue weighted by atomic mass is 10.1. The van der Waals surface area contributed by atoms with Gasteiger partial charge in [0.05, 0.1) is 5.56 Å². The first-order valence-corrected chi connectivity index (χ1v) is 6.27. The second kappa shape index (κ2) is 4.83. The molecule has 0 aromatic heterocycles. The topological polar surface area (TPSA) is 29.1 Å². The van der Waals surface area contributed by atoms with Gasteiger partial charge >= 0.3 is 0 Å². The Morgan fingerprint density at radius 3 is 2.71 bits per heavy atom. The van der Waals surface area contributed by atoms with Crippen molar-refractivity contribution < 1.29 is 9.18 Å². The predicted octanol–water partition coefficient (Wildman–Crippen LogP) is 3.23. The van der Waals surface area contributed by atoms with Crippen LogP contribution in [0.3, 0.4) is 0 Å². The van der Waals surface area contributed by atoms with Crippen LogP contribution >= 0.6 is 23.2 Å². The maximum atomic E-state index is 13.4. The first-order valence-electron chi connectivity index (χ1n) is 5.36. The fraction of sp³-hybridized carbons (Fsp3) is 0.417. The van der Waals surface area contributed by atoms with Crippen LogP contribution in [0.2, 0.25) is 5.02 Å². The van der Waals surface area contributed by atoms with E-state index >= 15 is 0 Å². The number of nitrogens with one attached hydrogen (secondary N) is 1. The Morgan fingerprint density at radius 2 is 2.18 bits per heavy atom. The molecule has 0 atom stereocenters. The summed E-state index contributed by atoms with van der Waals surface area (Å²) in [6.45, 7) is 0.497. The van der Waals surface area contributed by atoms with Gasteiger partial charge in [0, 0.05) is 22.9 Å². The van der Waals surface area contributed by atoms with Gasteiger partial charge in [-0.15, -0.1) is 11.6 Å². The molecule has 2 rings (SSSR count). The van der Waals surface area contributed by atoms with Crippen molar-refractivity contribution in [3.8, 4) is 0 Å². The number of benzene rings is 1. The summed E-state index contributed by atoms with van der Waals surface area (Å²) < 4.78 is 13.4. The molecule has 1 aliphatic rings. The van der Waals surface area contributed by atoms with Crippen molar-refractivity contribution >= 4 is 29.1 Å². The minimum Gasteiger partial charge on any atom is -0.351 e. The van der Waals surface area contributed by atoms with Crippen LogP contribution in [0, 0.1) is 11.2 Å². The highest BCUT2D eigenvalue weighted by Crippen LogP contribution is 2.45. The minimum atomic E-state index is -0.606. The molecule has 92 valence electrons. The van der Waals surface area contributed by atoms with E-state index in [0.717, 1.165) is 18.9 Å². The molecule has 0 bridgehead atoms. The fourth-order valence-corrected chi connectivity index (χ4v) is 2.09. The Hall–Kier alpha value is -0.800. The molecule has 1 amide bonds. The van der Waals surface area contributed by atoms with Crippen LogP contribution in [0.25, 0.3) is 0 Å². The number of halogens is 3. The summed E-state index contributed by atoms with van der Waals surface area (Å²) in [4.78, 5) is 11.7. The maximum Gasteiger partial charge on any atom is 0.254 e. The van der Waals surface area contributed by atoms with E-state index in [-0.39, 0.29) is 16.0 Å². The lowest BCUT2D eigenvalue weighted by Gasteiger charge is -2.12. The van der Waals surface area contributed by atoms with E-state index in [4.69, 9.17) is 23.2 Å². The Labute approximate surface area is 109 Å². The van der Waals surface area contributed by atoms with Gasteiger partial charge in [0.2, 0.25) is 0 Å². The van der Waals surface area contributed by atoms with Crippen molar-refractivity contribution in [1.29, 1.82) is 0 Å². The number of hydrogen-bond donors (Lipinski definition) is 1. The molecule has 1 aromatic rings. The van der Waals surface area contributed by atoms with Gasteiger partial charge in [0.1, 0.15) is 5.82 Å². The van der Waals surface area contributed by atoms with Gasteiger partial charge in [-0.1, -0.05) is 11.6 Å². The third kappa shape index (κ3) is 2.90. The molecule has 17 heavy (non-hydrogen) atoms. The summed E-state index contributed by atoms with van der Waals surface area (Å²) in [5, 5.41) is 2.98. The minimum absolute atomic E-state index is 0.0137. The highest BCUT2D eigenvalue weighted by Gasteiger charge is 2.41. The summed E-state index contributed by atoms with van der Waals surface area (Å²) in [5.41, 5.74) is 0.0416. The number of carbonyl (C=O) groups excluding carboxylic acids is 1. The molecule has 1 N–H and O–H groups in total. The molecule has 0 heterocycles. The molecule has 2 nitrogen and oxygen atoms in total. The van der Waals surface area contributed by atoms with Gasteiger partial charge in [-0.3, -0.25) is 4.79 Å². The quantitative estimate of drug-likeness (QED) is 0.840. The van der Waals surface area contributed by atoms with Crippen LogP contribution in [-0.2, 0) is 0 Å². The van der Waals surface area contributed by atoms with E-state index in [2.05, 4.69) is 5.32 Å². The molecule has 0 saturated heterocycles.